The summed E-state index contributed by atoms with van der Waals surface area (Å²) >= 11 is 0. The number of anilines is 3. The van der Waals surface area contributed by atoms with Gasteiger partial charge in [0, 0.05) is 61.6 Å². The molecule has 0 bridgehead atoms. The average Bonchev–Trinajstić information content (AvgIpc) is 3.34. The monoisotopic (exact) mass is 434 g/mol. The third kappa shape index (κ3) is 4.02. The first-order valence-corrected chi connectivity index (χ1v) is 11.4. The zero-order valence-corrected chi connectivity index (χ0v) is 18.8. The van der Waals surface area contributed by atoms with E-state index >= 15 is 0 Å². The summed E-state index contributed by atoms with van der Waals surface area (Å²) in [6.45, 7) is 4.10. The molecule has 3 heterocycles. The van der Waals surface area contributed by atoms with E-state index in [2.05, 4.69) is 39.3 Å². The van der Waals surface area contributed by atoms with Gasteiger partial charge in [-0.25, -0.2) is 4.98 Å². The smallest absolute Gasteiger partial charge is 0.252 e. The number of likely N-dealkylation sites (N-methyl/N-ethyl adjacent to an activating group) is 1. The minimum Gasteiger partial charge on any atom is -0.494 e. The Morgan fingerprint density at radius 2 is 1.84 bits per heavy atom. The van der Waals surface area contributed by atoms with Crippen molar-refractivity contribution >= 4 is 28.4 Å². The Labute approximate surface area is 187 Å². The predicted molar refractivity (Wildman–Crippen MR) is 127 cm³/mol. The van der Waals surface area contributed by atoms with Gasteiger partial charge in [0.05, 0.1) is 12.8 Å². The summed E-state index contributed by atoms with van der Waals surface area (Å²) in [5, 5.41) is 4.18. The summed E-state index contributed by atoms with van der Waals surface area (Å²) < 4.78 is 7.52. The molecule has 168 valence electrons. The van der Waals surface area contributed by atoms with Gasteiger partial charge in [0.25, 0.3) is 5.56 Å². The highest BCUT2D eigenvalue weighted by Gasteiger charge is 2.21. The summed E-state index contributed by atoms with van der Waals surface area (Å²) in [5.74, 6) is 1.20. The molecule has 2 aromatic heterocycles. The summed E-state index contributed by atoms with van der Waals surface area (Å²) in [4.78, 5) is 26.6. The number of hydrogen-bond acceptors (Lipinski definition) is 7. The van der Waals surface area contributed by atoms with Gasteiger partial charge in [-0.3, -0.25) is 9.36 Å². The molecule has 0 spiro atoms. The van der Waals surface area contributed by atoms with Crippen LogP contribution in [0.25, 0.3) is 11.0 Å². The number of nitrogens with one attached hydrogen (secondary N) is 1. The highest BCUT2D eigenvalue weighted by molar-refractivity contribution is 5.76. The Balaban J connectivity index is 1.45. The van der Waals surface area contributed by atoms with E-state index in [9.17, 15) is 4.79 Å². The maximum absolute atomic E-state index is 12.7. The Bertz CT molecular complexity index is 1160. The zero-order valence-electron chi connectivity index (χ0n) is 18.8. The highest BCUT2D eigenvalue weighted by atomic mass is 16.5. The maximum Gasteiger partial charge on any atom is 0.252 e. The fourth-order valence-corrected chi connectivity index (χ4v) is 4.78. The average molecular weight is 435 g/mol. The van der Waals surface area contributed by atoms with Crippen LogP contribution in [0.5, 0.6) is 5.75 Å². The lowest BCUT2D eigenvalue weighted by molar-refractivity contribution is 0.312. The van der Waals surface area contributed by atoms with Crippen molar-refractivity contribution in [3.05, 3.63) is 46.9 Å². The van der Waals surface area contributed by atoms with Gasteiger partial charge in [-0.1, -0.05) is 12.8 Å². The summed E-state index contributed by atoms with van der Waals surface area (Å²) in [7, 11) is 3.83. The van der Waals surface area contributed by atoms with Crippen molar-refractivity contribution in [2.75, 3.05) is 50.6 Å². The van der Waals surface area contributed by atoms with Gasteiger partial charge in [0.1, 0.15) is 11.4 Å². The molecule has 0 amide bonds. The number of pyridine rings is 1. The van der Waals surface area contributed by atoms with Crippen LogP contribution in [0.1, 0.15) is 31.7 Å². The molecule has 1 aromatic carbocycles. The molecular weight excluding hydrogens is 404 g/mol. The van der Waals surface area contributed by atoms with Gasteiger partial charge in [-0.15, -0.1) is 0 Å². The van der Waals surface area contributed by atoms with Crippen LogP contribution in [0.15, 0.2) is 41.3 Å². The molecule has 1 saturated carbocycles. The van der Waals surface area contributed by atoms with Crippen molar-refractivity contribution in [3.8, 4) is 5.75 Å². The SMILES string of the molecule is COc1cc(N2CCN(C)CC2)ccc1Nc1ncc2ccc(=O)n(C3CCCC3)c2n1. The lowest BCUT2D eigenvalue weighted by Gasteiger charge is -2.34. The number of nitrogens with zero attached hydrogens (tertiary/aromatic N) is 5. The van der Waals surface area contributed by atoms with E-state index in [1.807, 2.05) is 10.6 Å². The van der Waals surface area contributed by atoms with Crippen molar-refractivity contribution in [1.29, 1.82) is 0 Å². The van der Waals surface area contributed by atoms with Crippen molar-refractivity contribution in [2.45, 2.75) is 31.7 Å². The van der Waals surface area contributed by atoms with Crippen LogP contribution in [-0.2, 0) is 0 Å². The van der Waals surface area contributed by atoms with Gasteiger partial charge in [0.15, 0.2) is 0 Å². The molecule has 1 aliphatic carbocycles. The van der Waals surface area contributed by atoms with Crippen LogP contribution >= 0.6 is 0 Å². The number of methoxy groups -OCH3 is 1. The number of aromatic nitrogens is 3. The zero-order chi connectivity index (χ0) is 22.1. The van der Waals surface area contributed by atoms with E-state index < -0.39 is 0 Å². The summed E-state index contributed by atoms with van der Waals surface area (Å²) in [5.41, 5.74) is 2.64. The third-order valence-electron chi connectivity index (χ3n) is 6.66. The van der Waals surface area contributed by atoms with Crippen LogP contribution in [0.4, 0.5) is 17.3 Å². The molecule has 2 fully saturated rings. The fraction of sp³-hybridized carbons (Fsp3) is 0.458. The Kier molecular flexibility index (Phi) is 5.70. The molecule has 2 aliphatic rings. The molecule has 0 unspecified atom stereocenters. The summed E-state index contributed by atoms with van der Waals surface area (Å²) in [6, 6.07) is 9.81. The first-order valence-electron chi connectivity index (χ1n) is 11.4. The number of fused-ring (bicyclic) bond motifs is 1. The van der Waals surface area contributed by atoms with Crippen LogP contribution in [-0.4, -0.2) is 59.8 Å². The highest BCUT2D eigenvalue weighted by Crippen LogP contribution is 2.33. The molecule has 0 atom stereocenters. The lowest BCUT2D eigenvalue weighted by Crippen LogP contribution is -2.44. The standard InChI is InChI=1S/C24H30N6O2/c1-28-11-13-29(14-12-28)19-8-9-20(21(15-19)32-2)26-24-25-16-17-7-10-22(31)30(23(17)27-24)18-5-3-4-6-18/h7-10,15-16,18H,3-6,11-14H2,1-2H3,(H,25,26,27). The second-order valence-corrected chi connectivity index (χ2v) is 8.75. The first-order chi connectivity index (χ1) is 15.6. The quantitative estimate of drug-likeness (QED) is 0.659. The summed E-state index contributed by atoms with van der Waals surface area (Å²) in [6.07, 6.45) is 6.13. The number of rotatable bonds is 5. The molecular formula is C24H30N6O2. The van der Waals surface area contributed by atoms with Gasteiger partial charge in [-0.2, -0.15) is 4.98 Å². The molecule has 8 nitrogen and oxygen atoms in total. The van der Waals surface area contributed by atoms with E-state index in [1.165, 1.54) is 0 Å². The Morgan fingerprint density at radius 1 is 1.06 bits per heavy atom. The number of hydrogen-bond donors (Lipinski definition) is 1. The molecule has 0 radical (unpaired) electrons. The van der Waals surface area contributed by atoms with Gasteiger partial charge < -0.3 is 19.9 Å². The minimum atomic E-state index is 0.00293. The van der Waals surface area contributed by atoms with Crippen LogP contribution in [0, 0.1) is 0 Å². The molecule has 32 heavy (non-hydrogen) atoms. The largest absolute Gasteiger partial charge is 0.494 e. The minimum absolute atomic E-state index is 0.00293. The van der Waals surface area contributed by atoms with E-state index in [4.69, 9.17) is 9.72 Å². The predicted octanol–water partition coefficient (Wildman–Crippen LogP) is 3.41. The van der Waals surface area contributed by atoms with Crippen molar-refractivity contribution in [2.24, 2.45) is 0 Å². The van der Waals surface area contributed by atoms with E-state index in [-0.39, 0.29) is 11.6 Å². The Morgan fingerprint density at radius 3 is 2.59 bits per heavy atom. The molecule has 1 saturated heterocycles. The van der Waals surface area contributed by atoms with E-state index in [0.29, 0.717) is 11.6 Å². The number of ether oxygens (including phenoxy) is 1. The molecule has 3 aromatic rings. The lowest BCUT2D eigenvalue weighted by atomic mass is 10.2. The van der Waals surface area contributed by atoms with Gasteiger partial charge >= 0.3 is 0 Å². The second-order valence-electron chi connectivity index (χ2n) is 8.75. The molecule has 1 aliphatic heterocycles. The molecule has 8 heteroatoms. The Hall–Kier alpha value is -3.13. The first kappa shape index (κ1) is 20.8. The van der Waals surface area contributed by atoms with Crippen molar-refractivity contribution in [1.82, 2.24) is 19.4 Å². The van der Waals surface area contributed by atoms with Crippen LogP contribution in [0.2, 0.25) is 0 Å². The third-order valence-corrected chi connectivity index (χ3v) is 6.66. The maximum atomic E-state index is 12.7. The fourth-order valence-electron chi connectivity index (χ4n) is 4.78. The molecule has 1 N–H and O–H groups in total. The molecule has 5 rings (SSSR count). The van der Waals surface area contributed by atoms with Crippen LogP contribution < -0.4 is 20.5 Å². The van der Waals surface area contributed by atoms with E-state index in [0.717, 1.165) is 74.4 Å². The van der Waals surface area contributed by atoms with Crippen molar-refractivity contribution in [3.63, 3.8) is 0 Å². The van der Waals surface area contributed by atoms with Crippen molar-refractivity contribution < 1.29 is 4.74 Å². The van der Waals surface area contributed by atoms with E-state index in [1.54, 1.807) is 25.4 Å². The number of piperazine rings is 1. The number of benzene rings is 1. The second kappa shape index (κ2) is 8.78. The van der Waals surface area contributed by atoms with Gasteiger partial charge in [0.2, 0.25) is 5.95 Å². The topological polar surface area (TPSA) is 75.5 Å². The van der Waals surface area contributed by atoms with Gasteiger partial charge in [-0.05, 0) is 38.1 Å². The van der Waals surface area contributed by atoms with Crippen LogP contribution in [0.3, 0.4) is 0 Å². The normalized spacial score (nSPS) is 17.8.